The maximum atomic E-state index is 13.1. The number of hydrogen-bond acceptors (Lipinski definition) is 4. The highest BCUT2D eigenvalue weighted by molar-refractivity contribution is 5.77. The number of carbonyl (C=O) groups excluding carboxylic acids is 1. The van der Waals surface area contributed by atoms with Crippen molar-refractivity contribution in [1.82, 2.24) is 19.7 Å². The van der Waals surface area contributed by atoms with E-state index in [1.807, 2.05) is 24.5 Å². The third-order valence-electron chi connectivity index (χ3n) is 7.21. The SMILES string of the molecule is COc1cccc(CCC(=O)N2CC(c3nncn3C3CC3)C3(CCCC3)C2)c1. The zero-order valence-electron chi connectivity index (χ0n) is 17.2. The van der Waals surface area contributed by atoms with Gasteiger partial charge in [0.05, 0.1) is 7.11 Å². The molecule has 5 rings (SSSR count). The molecule has 3 aliphatic rings. The Kier molecular flexibility index (Phi) is 4.80. The van der Waals surface area contributed by atoms with Gasteiger partial charge in [-0.25, -0.2) is 0 Å². The van der Waals surface area contributed by atoms with Crippen LogP contribution in [0.3, 0.4) is 0 Å². The molecule has 0 bridgehead atoms. The largest absolute Gasteiger partial charge is 0.497 e. The van der Waals surface area contributed by atoms with Gasteiger partial charge in [0.15, 0.2) is 0 Å². The molecule has 1 aromatic carbocycles. The average molecular weight is 395 g/mol. The third-order valence-corrected chi connectivity index (χ3v) is 7.21. The summed E-state index contributed by atoms with van der Waals surface area (Å²) in [5, 5.41) is 8.79. The fourth-order valence-electron chi connectivity index (χ4n) is 5.47. The first-order chi connectivity index (χ1) is 14.2. The zero-order chi connectivity index (χ0) is 19.8. The van der Waals surface area contributed by atoms with Crippen molar-refractivity contribution < 1.29 is 9.53 Å². The minimum absolute atomic E-state index is 0.200. The molecular weight excluding hydrogens is 364 g/mol. The van der Waals surface area contributed by atoms with E-state index in [4.69, 9.17) is 4.74 Å². The number of hydrogen-bond donors (Lipinski definition) is 0. The van der Waals surface area contributed by atoms with E-state index in [9.17, 15) is 4.79 Å². The van der Waals surface area contributed by atoms with Crippen molar-refractivity contribution in [2.24, 2.45) is 5.41 Å². The maximum absolute atomic E-state index is 13.1. The smallest absolute Gasteiger partial charge is 0.222 e. The van der Waals surface area contributed by atoms with Gasteiger partial charge in [0.25, 0.3) is 0 Å². The van der Waals surface area contributed by atoms with Crippen molar-refractivity contribution in [3.05, 3.63) is 42.0 Å². The van der Waals surface area contributed by atoms with E-state index in [1.54, 1.807) is 7.11 Å². The number of benzene rings is 1. The summed E-state index contributed by atoms with van der Waals surface area (Å²) in [5.74, 6) is 2.56. The molecule has 6 nitrogen and oxygen atoms in total. The number of carbonyl (C=O) groups is 1. The standard InChI is InChI=1S/C23H30N4O2/c1-29-19-6-4-5-17(13-19)7-10-21(28)26-14-20(23(15-26)11-2-3-12-23)22-25-24-16-27(22)18-8-9-18/h4-6,13,16,18,20H,2-3,7-12,14-15H2,1H3. The quantitative estimate of drug-likeness (QED) is 0.749. The molecule has 1 spiro atoms. The Bertz CT molecular complexity index is 883. The summed E-state index contributed by atoms with van der Waals surface area (Å²) in [6, 6.07) is 8.60. The molecule has 29 heavy (non-hydrogen) atoms. The lowest BCUT2D eigenvalue weighted by molar-refractivity contribution is -0.130. The highest BCUT2D eigenvalue weighted by atomic mass is 16.5. The summed E-state index contributed by atoms with van der Waals surface area (Å²) in [4.78, 5) is 15.2. The second-order valence-electron chi connectivity index (χ2n) is 9.08. The van der Waals surface area contributed by atoms with E-state index < -0.39 is 0 Å². The Hall–Kier alpha value is -2.37. The molecule has 1 atom stereocenters. The molecule has 1 aromatic heterocycles. The molecule has 6 heteroatoms. The van der Waals surface area contributed by atoms with Crippen LogP contribution >= 0.6 is 0 Å². The van der Waals surface area contributed by atoms with E-state index in [0.29, 0.717) is 18.4 Å². The van der Waals surface area contributed by atoms with Crippen LogP contribution in [0.4, 0.5) is 0 Å². The van der Waals surface area contributed by atoms with Crippen LogP contribution in [0, 0.1) is 5.41 Å². The Balaban J connectivity index is 1.31. The monoisotopic (exact) mass is 394 g/mol. The number of aryl methyl sites for hydroxylation is 1. The summed E-state index contributed by atoms with van der Waals surface area (Å²) in [6.07, 6.45) is 10.6. The topological polar surface area (TPSA) is 60.2 Å². The highest BCUT2D eigenvalue weighted by Gasteiger charge is 2.52. The van der Waals surface area contributed by atoms with Gasteiger partial charge < -0.3 is 14.2 Å². The Morgan fingerprint density at radius 3 is 2.86 bits per heavy atom. The van der Waals surface area contributed by atoms with E-state index in [1.165, 1.54) is 38.5 Å². The van der Waals surface area contributed by atoms with Gasteiger partial charge in [-0.2, -0.15) is 0 Å². The van der Waals surface area contributed by atoms with E-state index in [0.717, 1.165) is 36.6 Å². The minimum Gasteiger partial charge on any atom is -0.497 e. The molecule has 2 aliphatic carbocycles. The summed E-state index contributed by atoms with van der Waals surface area (Å²) in [6.45, 7) is 1.68. The van der Waals surface area contributed by atoms with Crippen LogP contribution < -0.4 is 4.74 Å². The highest BCUT2D eigenvalue weighted by Crippen LogP contribution is 2.54. The lowest BCUT2D eigenvalue weighted by atomic mass is 9.76. The number of nitrogens with zero attached hydrogens (tertiary/aromatic N) is 4. The summed E-state index contributed by atoms with van der Waals surface area (Å²) in [5.41, 5.74) is 1.35. The van der Waals surface area contributed by atoms with Crippen molar-refractivity contribution in [2.75, 3.05) is 20.2 Å². The van der Waals surface area contributed by atoms with Gasteiger partial charge in [0.1, 0.15) is 17.9 Å². The van der Waals surface area contributed by atoms with Crippen LogP contribution in [-0.2, 0) is 11.2 Å². The van der Waals surface area contributed by atoms with Gasteiger partial charge in [-0.15, -0.1) is 10.2 Å². The lowest BCUT2D eigenvalue weighted by Crippen LogP contribution is -2.31. The normalized spacial score (nSPS) is 23.1. The number of ether oxygens (including phenoxy) is 1. The fraction of sp³-hybridized carbons (Fsp3) is 0.609. The maximum Gasteiger partial charge on any atom is 0.222 e. The van der Waals surface area contributed by atoms with Gasteiger partial charge in [0, 0.05) is 31.5 Å². The van der Waals surface area contributed by atoms with Crippen LogP contribution in [-0.4, -0.2) is 45.8 Å². The molecule has 154 valence electrons. The van der Waals surface area contributed by atoms with Gasteiger partial charge in [-0.05, 0) is 55.2 Å². The second-order valence-corrected chi connectivity index (χ2v) is 9.08. The summed E-state index contributed by atoms with van der Waals surface area (Å²) >= 11 is 0. The molecule has 0 N–H and O–H groups in total. The molecule has 1 amide bonds. The van der Waals surface area contributed by atoms with Crippen LogP contribution in [0.5, 0.6) is 5.75 Å². The Labute approximate surface area is 172 Å². The average Bonchev–Trinajstić information content (AvgIpc) is 3.16. The zero-order valence-corrected chi connectivity index (χ0v) is 17.2. The third kappa shape index (κ3) is 3.53. The molecule has 2 saturated carbocycles. The van der Waals surface area contributed by atoms with Crippen molar-refractivity contribution in [2.45, 2.75) is 63.3 Å². The number of likely N-dealkylation sites (tertiary alicyclic amines) is 1. The fourth-order valence-corrected chi connectivity index (χ4v) is 5.47. The predicted molar refractivity (Wildman–Crippen MR) is 110 cm³/mol. The van der Waals surface area contributed by atoms with Crippen LogP contribution in [0.15, 0.2) is 30.6 Å². The lowest BCUT2D eigenvalue weighted by Gasteiger charge is -2.29. The van der Waals surface area contributed by atoms with E-state index in [2.05, 4.69) is 25.7 Å². The molecule has 0 radical (unpaired) electrons. The van der Waals surface area contributed by atoms with E-state index in [-0.39, 0.29) is 11.3 Å². The first-order valence-electron chi connectivity index (χ1n) is 11.0. The van der Waals surface area contributed by atoms with Crippen LogP contribution in [0.1, 0.15) is 68.3 Å². The Morgan fingerprint density at radius 2 is 2.10 bits per heavy atom. The van der Waals surface area contributed by atoms with Crippen molar-refractivity contribution in [3.63, 3.8) is 0 Å². The second kappa shape index (κ2) is 7.47. The van der Waals surface area contributed by atoms with Crippen molar-refractivity contribution in [1.29, 1.82) is 0 Å². The summed E-state index contributed by atoms with van der Waals surface area (Å²) < 4.78 is 7.61. The van der Waals surface area contributed by atoms with Gasteiger partial charge in [0.2, 0.25) is 5.91 Å². The molecule has 2 aromatic rings. The predicted octanol–water partition coefficient (Wildman–Crippen LogP) is 3.74. The van der Waals surface area contributed by atoms with Gasteiger partial charge in [-0.3, -0.25) is 4.79 Å². The van der Waals surface area contributed by atoms with Crippen molar-refractivity contribution >= 4 is 5.91 Å². The molecule has 1 aliphatic heterocycles. The Morgan fingerprint density at radius 1 is 1.28 bits per heavy atom. The first kappa shape index (κ1) is 18.6. The molecule has 1 saturated heterocycles. The van der Waals surface area contributed by atoms with Crippen LogP contribution in [0.25, 0.3) is 0 Å². The molecule has 3 fully saturated rings. The van der Waals surface area contributed by atoms with Gasteiger partial charge >= 0.3 is 0 Å². The van der Waals surface area contributed by atoms with Crippen molar-refractivity contribution in [3.8, 4) is 5.75 Å². The number of amides is 1. The summed E-state index contributed by atoms with van der Waals surface area (Å²) in [7, 11) is 1.68. The first-order valence-corrected chi connectivity index (χ1v) is 11.0. The molecule has 2 heterocycles. The molecular formula is C23H30N4O2. The van der Waals surface area contributed by atoms with E-state index >= 15 is 0 Å². The number of rotatable bonds is 6. The van der Waals surface area contributed by atoms with Crippen LogP contribution in [0.2, 0.25) is 0 Å². The van der Waals surface area contributed by atoms with Gasteiger partial charge in [-0.1, -0.05) is 25.0 Å². The minimum atomic E-state index is 0.200. The number of aromatic nitrogens is 3. The molecule has 1 unspecified atom stereocenters. The number of methoxy groups -OCH3 is 1.